The van der Waals surface area contributed by atoms with Gasteiger partial charge in [-0.2, -0.15) is 0 Å². The van der Waals surface area contributed by atoms with Crippen molar-refractivity contribution in [2.24, 2.45) is 5.73 Å². The number of allylic oxidation sites excluding steroid dienone is 4. The summed E-state index contributed by atoms with van der Waals surface area (Å²) in [4.78, 5) is 23.4. The number of thiol groups is 1. The molecular weight excluding hydrogens is 361 g/mol. The average Bonchev–Trinajstić information content (AvgIpc) is 2.85. The van der Waals surface area contributed by atoms with Crippen LogP contribution in [-0.2, 0) is 4.79 Å². The fourth-order valence-electron chi connectivity index (χ4n) is 2.81. The number of alkyl halides is 1. The molecule has 0 aromatic carbocycles. The zero-order chi connectivity index (χ0) is 16.7. The molecule has 2 saturated heterocycles. The normalized spacial score (nSPS) is 28.2. The van der Waals surface area contributed by atoms with E-state index in [0.29, 0.717) is 23.7 Å². The molecule has 0 radical (unpaired) electrons. The molecule has 0 aromatic rings. The third kappa shape index (κ3) is 2.99. The van der Waals surface area contributed by atoms with Crippen molar-refractivity contribution >= 4 is 46.3 Å². The summed E-state index contributed by atoms with van der Waals surface area (Å²) in [6.45, 7) is 1.27. The van der Waals surface area contributed by atoms with Crippen molar-refractivity contribution in [2.75, 3.05) is 13.1 Å². The first-order chi connectivity index (χ1) is 10.9. The molecule has 1 atom stereocenters. The molecule has 0 spiro atoms. The van der Waals surface area contributed by atoms with Crippen LogP contribution in [0.25, 0.3) is 0 Å². The minimum absolute atomic E-state index is 0.0472. The first-order valence-electron chi connectivity index (χ1n) is 7.13. The Bertz CT molecular complexity index is 677. The monoisotopic (exact) mass is 375 g/mol. The molecule has 1 unspecified atom stereocenters. The lowest BCUT2D eigenvalue weighted by molar-refractivity contribution is -0.110. The van der Waals surface area contributed by atoms with Crippen LogP contribution >= 0.6 is 36.0 Å². The van der Waals surface area contributed by atoms with Gasteiger partial charge in [0.1, 0.15) is 5.03 Å². The number of hydrogen-bond acceptors (Lipinski definition) is 5. The maximum absolute atomic E-state index is 14.7. The van der Waals surface area contributed by atoms with Crippen LogP contribution in [0.2, 0.25) is 0 Å². The van der Waals surface area contributed by atoms with Crippen molar-refractivity contribution in [1.82, 2.24) is 10.0 Å². The Morgan fingerprint density at radius 2 is 2.09 bits per heavy atom. The summed E-state index contributed by atoms with van der Waals surface area (Å²) in [5.41, 5.74) is 6.35. The van der Waals surface area contributed by atoms with E-state index < -0.39 is 11.3 Å². The van der Waals surface area contributed by atoms with Crippen LogP contribution in [0.4, 0.5) is 9.18 Å². The minimum Gasteiger partial charge on any atom is -0.398 e. The molecular formula is C14H15ClFN3O2S2. The van der Waals surface area contributed by atoms with Gasteiger partial charge in [-0.1, -0.05) is 11.6 Å². The summed E-state index contributed by atoms with van der Waals surface area (Å²) in [5.74, 6) is 0. The summed E-state index contributed by atoms with van der Waals surface area (Å²) in [7, 11) is 0. The Morgan fingerprint density at radius 3 is 2.74 bits per heavy atom. The number of nitrogens with zero attached hydrogens (tertiary/aromatic N) is 2. The van der Waals surface area contributed by atoms with E-state index in [1.807, 2.05) is 0 Å². The summed E-state index contributed by atoms with van der Waals surface area (Å²) in [6.07, 6.45) is 1.72. The van der Waals surface area contributed by atoms with Gasteiger partial charge in [0.25, 0.3) is 0 Å². The number of amides is 1. The Balaban J connectivity index is 2.05. The van der Waals surface area contributed by atoms with Gasteiger partial charge in [0.2, 0.25) is 0 Å². The summed E-state index contributed by atoms with van der Waals surface area (Å²) in [5, 5.41) is 3.47. The van der Waals surface area contributed by atoms with Gasteiger partial charge >= 0.3 is 5.24 Å². The van der Waals surface area contributed by atoms with Gasteiger partial charge in [0.05, 0.1) is 10.7 Å². The van der Waals surface area contributed by atoms with Gasteiger partial charge in [0.15, 0.2) is 11.3 Å². The molecule has 2 N–H and O–H groups in total. The Morgan fingerprint density at radius 1 is 1.43 bits per heavy atom. The van der Waals surface area contributed by atoms with Crippen molar-refractivity contribution in [2.45, 2.75) is 25.4 Å². The van der Waals surface area contributed by atoms with E-state index in [4.69, 9.17) is 17.3 Å². The third-order valence-electron chi connectivity index (χ3n) is 3.91. The smallest absolute Gasteiger partial charge is 0.306 e. The lowest BCUT2D eigenvalue weighted by Crippen LogP contribution is -2.43. The molecule has 2 aliphatic heterocycles. The Labute approximate surface area is 147 Å². The number of fused-ring (bicyclic) bond motifs is 1. The summed E-state index contributed by atoms with van der Waals surface area (Å²) in [6, 6.07) is 0. The van der Waals surface area contributed by atoms with E-state index in [9.17, 15) is 14.0 Å². The minimum atomic E-state index is -1.60. The lowest BCUT2D eigenvalue weighted by atomic mass is 9.96. The molecule has 1 amide bonds. The van der Waals surface area contributed by atoms with Crippen LogP contribution in [0.1, 0.15) is 19.3 Å². The number of carbonyl (C=O) groups is 2. The fraction of sp³-hybridized carbons (Fsp3) is 0.429. The van der Waals surface area contributed by atoms with E-state index in [0.717, 1.165) is 24.6 Å². The maximum atomic E-state index is 14.7. The highest BCUT2D eigenvalue weighted by Crippen LogP contribution is 2.43. The van der Waals surface area contributed by atoms with Gasteiger partial charge in [-0.3, -0.25) is 14.6 Å². The second-order valence-electron chi connectivity index (χ2n) is 5.45. The number of rotatable bonds is 2. The molecule has 0 saturated carbocycles. The second kappa shape index (κ2) is 6.41. The SMILES string of the molecule is NC1=C(Cl)C(CC(=O)S)=CC(=C2SC(=O)N3CCCCN23)C1F. The molecule has 3 aliphatic rings. The van der Waals surface area contributed by atoms with E-state index in [-0.39, 0.29) is 28.0 Å². The van der Waals surface area contributed by atoms with Gasteiger partial charge in [-0.15, -0.1) is 12.6 Å². The van der Waals surface area contributed by atoms with Crippen LogP contribution < -0.4 is 5.73 Å². The van der Waals surface area contributed by atoms with E-state index >= 15 is 0 Å². The molecule has 1 aliphatic carbocycles. The summed E-state index contributed by atoms with van der Waals surface area (Å²) < 4.78 is 14.7. The van der Waals surface area contributed by atoms with Crippen LogP contribution in [0.5, 0.6) is 0 Å². The molecule has 3 rings (SSSR count). The molecule has 9 heteroatoms. The molecule has 0 bridgehead atoms. The molecule has 124 valence electrons. The highest BCUT2D eigenvalue weighted by atomic mass is 35.5. The first kappa shape index (κ1) is 16.7. The second-order valence-corrected chi connectivity index (χ2v) is 7.27. The predicted octanol–water partition coefficient (Wildman–Crippen LogP) is 2.91. The van der Waals surface area contributed by atoms with Crippen molar-refractivity contribution in [1.29, 1.82) is 0 Å². The van der Waals surface area contributed by atoms with Crippen molar-refractivity contribution in [3.8, 4) is 0 Å². The predicted molar refractivity (Wildman–Crippen MR) is 91.3 cm³/mol. The highest BCUT2D eigenvalue weighted by molar-refractivity contribution is 8.17. The zero-order valence-electron chi connectivity index (χ0n) is 12.1. The number of nitrogens with two attached hydrogens (primary N) is 1. The standard InChI is InChI=1S/C14H15ClFN3O2S2/c15-10-7(6-9(20)22)5-8(11(16)12(10)17)13-18-3-1-2-4-19(18)14(21)23-13/h5,11H,1-4,6,17H2,(H,20,22). The van der Waals surface area contributed by atoms with Crippen LogP contribution in [0.15, 0.2) is 33.0 Å². The molecule has 23 heavy (non-hydrogen) atoms. The van der Waals surface area contributed by atoms with E-state index in [1.54, 1.807) is 10.0 Å². The summed E-state index contributed by atoms with van der Waals surface area (Å²) >= 11 is 10.8. The number of thioether (sulfide) groups is 1. The zero-order valence-corrected chi connectivity index (χ0v) is 14.6. The van der Waals surface area contributed by atoms with E-state index in [1.165, 1.54) is 6.08 Å². The van der Waals surface area contributed by atoms with Gasteiger partial charge in [0, 0.05) is 25.1 Å². The highest BCUT2D eigenvalue weighted by Gasteiger charge is 2.40. The quantitative estimate of drug-likeness (QED) is 0.726. The lowest BCUT2D eigenvalue weighted by Gasteiger charge is -2.34. The van der Waals surface area contributed by atoms with Crippen molar-refractivity contribution in [3.05, 3.63) is 33.0 Å². The van der Waals surface area contributed by atoms with Gasteiger partial charge < -0.3 is 5.73 Å². The molecule has 2 fully saturated rings. The largest absolute Gasteiger partial charge is 0.398 e. The van der Waals surface area contributed by atoms with Crippen LogP contribution in [0, 0.1) is 0 Å². The third-order valence-corrected chi connectivity index (χ3v) is 5.55. The van der Waals surface area contributed by atoms with E-state index in [2.05, 4.69) is 12.6 Å². The number of hydrazine groups is 1. The van der Waals surface area contributed by atoms with Crippen LogP contribution in [0.3, 0.4) is 0 Å². The molecule has 2 heterocycles. The van der Waals surface area contributed by atoms with Crippen molar-refractivity contribution in [3.63, 3.8) is 0 Å². The topological polar surface area (TPSA) is 66.6 Å². The average molecular weight is 376 g/mol. The first-order valence-corrected chi connectivity index (χ1v) is 8.77. The number of hydrogen-bond donors (Lipinski definition) is 2. The van der Waals surface area contributed by atoms with Gasteiger partial charge in [-0.25, -0.2) is 9.40 Å². The Kier molecular flexibility index (Phi) is 4.66. The van der Waals surface area contributed by atoms with Crippen molar-refractivity contribution < 1.29 is 14.0 Å². The molecule has 5 nitrogen and oxygen atoms in total. The maximum Gasteiger partial charge on any atom is 0.306 e. The molecule has 0 aromatic heterocycles. The van der Waals surface area contributed by atoms with Gasteiger partial charge in [-0.05, 0) is 36.3 Å². The van der Waals surface area contributed by atoms with Crippen LogP contribution in [-0.4, -0.2) is 39.6 Å². The number of carbonyl (C=O) groups excluding carboxylic acids is 2. The fourth-order valence-corrected chi connectivity index (χ4v) is 4.24. The number of halogens is 2. The Hall–Kier alpha value is -1.12.